The molecule has 2 heterocycles. The van der Waals surface area contributed by atoms with Gasteiger partial charge >= 0.3 is 6.09 Å². The standard InChI is InChI=1S/C14H15BrN4O2/c1-14(2,3)21-13(20)19-12-10(15)8-17-11(18-12)9-4-6-16-7-5-9/h4-8H,1-3H3,(H,17,18,19,20). The fourth-order valence-electron chi connectivity index (χ4n) is 1.50. The molecule has 6 nitrogen and oxygen atoms in total. The molecular formula is C14H15BrN4O2. The normalized spacial score (nSPS) is 11.0. The first-order valence-corrected chi connectivity index (χ1v) is 7.07. The zero-order valence-electron chi connectivity index (χ0n) is 11.9. The van der Waals surface area contributed by atoms with Crippen LogP contribution in [0.2, 0.25) is 0 Å². The minimum Gasteiger partial charge on any atom is -0.444 e. The number of nitrogens with one attached hydrogen (secondary N) is 1. The molecule has 0 aliphatic heterocycles. The zero-order chi connectivity index (χ0) is 15.5. The summed E-state index contributed by atoms with van der Waals surface area (Å²) >= 11 is 3.30. The van der Waals surface area contributed by atoms with E-state index >= 15 is 0 Å². The first kappa shape index (κ1) is 15.4. The van der Waals surface area contributed by atoms with E-state index in [0.717, 1.165) is 5.56 Å². The maximum atomic E-state index is 11.8. The van der Waals surface area contributed by atoms with Crippen molar-refractivity contribution in [2.24, 2.45) is 0 Å². The molecule has 0 saturated carbocycles. The molecule has 0 atom stereocenters. The van der Waals surface area contributed by atoms with Crippen LogP contribution in [-0.2, 0) is 4.74 Å². The summed E-state index contributed by atoms with van der Waals surface area (Å²) in [6.07, 6.45) is 4.32. The third-order valence-corrected chi connectivity index (χ3v) is 2.88. The van der Waals surface area contributed by atoms with Crippen LogP contribution in [0.25, 0.3) is 11.4 Å². The van der Waals surface area contributed by atoms with Gasteiger partial charge in [0.25, 0.3) is 0 Å². The molecule has 0 aliphatic rings. The molecule has 0 aliphatic carbocycles. The molecule has 1 amide bonds. The summed E-state index contributed by atoms with van der Waals surface area (Å²) in [5, 5.41) is 2.60. The monoisotopic (exact) mass is 350 g/mol. The van der Waals surface area contributed by atoms with E-state index in [2.05, 4.69) is 36.2 Å². The number of ether oxygens (including phenoxy) is 1. The summed E-state index contributed by atoms with van der Waals surface area (Å²) in [5.41, 5.74) is 0.238. The van der Waals surface area contributed by atoms with E-state index in [1.165, 1.54) is 0 Å². The van der Waals surface area contributed by atoms with E-state index < -0.39 is 11.7 Å². The second kappa shape index (κ2) is 6.17. The Hall–Kier alpha value is -2.02. The van der Waals surface area contributed by atoms with Crippen LogP contribution >= 0.6 is 15.9 Å². The van der Waals surface area contributed by atoms with Crippen LogP contribution < -0.4 is 5.32 Å². The second-order valence-corrected chi connectivity index (χ2v) is 6.11. The molecule has 0 spiro atoms. The Balaban J connectivity index is 2.22. The van der Waals surface area contributed by atoms with Crippen LogP contribution in [0.4, 0.5) is 10.6 Å². The number of pyridine rings is 1. The highest BCUT2D eigenvalue weighted by Gasteiger charge is 2.18. The molecule has 0 fully saturated rings. The molecule has 0 aromatic carbocycles. The van der Waals surface area contributed by atoms with Gasteiger partial charge in [0, 0.05) is 24.2 Å². The predicted octanol–water partition coefficient (Wildman–Crippen LogP) is 3.65. The molecule has 110 valence electrons. The number of hydrogen-bond donors (Lipinski definition) is 1. The van der Waals surface area contributed by atoms with Gasteiger partial charge in [-0.2, -0.15) is 0 Å². The fraction of sp³-hybridized carbons (Fsp3) is 0.286. The van der Waals surface area contributed by atoms with Crippen molar-refractivity contribution in [3.8, 4) is 11.4 Å². The van der Waals surface area contributed by atoms with E-state index in [-0.39, 0.29) is 0 Å². The minimum atomic E-state index is -0.572. The smallest absolute Gasteiger partial charge is 0.413 e. The lowest BCUT2D eigenvalue weighted by atomic mass is 10.2. The summed E-state index contributed by atoms with van der Waals surface area (Å²) in [6.45, 7) is 5.39. The zero-order valence-corrected chi connectivity index (χ0v) is 13.5. The van der Waals surface area contributed by atoms with Crippen molar-refractivity contribution >= 4 is 27.8 Å². The maximum absolute atomic E-state index is 11.8. The average Bonchev–Trinajstić information content (AvgIpc) is 2.40. The van der Waals surface area contributed by atoms with E-state index in [9.17, 15) is 4.79 Å². The van der Waals surface area contributed by atoms with Crippen molar-refractivity contribution in [3.05, 3.63) is 35.2 Å². The predicted molar refractivity (Wildman–Crippen MR) is 82.8 cm³/mol. The minimum absolute atomic E-state index is 0.353. The van der Waals surface area contributed by atoms with E-state index in [1.807, 2.05) is 0 Å². The lowest BCUT2D eigenvalue weighted by Crippen LogP contribution is -2.27. The summed E-state index contributed by atoms with van der Waals surface area (Å²) in [4.78, 5) is 24.3. The molecular weight excluding hydrogens is 336 g/mol. The number of hydrogen-bond acceptors (Lipinski definition) is 5. The number of carbonyl (C=O) groups excluding carboxylic acids is 1. The van der Waals surface area contributed by atoms with Gasteiger partial charge in [0.15, 0.2) is 11.6 Å². The van der Waals surface area contributed by atoms with Gasteiger partial charge in [-0.15, -0.1) is 0 Å². The first-order valence-electron chi connectivity index (χ1n) is 6.28. The highest BCUT2D eigenvalue weighted by molar-refractivity contribution is 9.10. The van der Waals surface area contributed by atoms with Crippen molar-refractivity contribution < 1.29 is 9.53 Å². The van der Waals surface area contributed by atoms with E-state index in [0.29, 0.717) is 16.1 Å². The van der Waals surface area contributed by atoms with E-state index in [1.54, 1.807) is 51.5 Å². The SMILES string of the molecule is CC(C)(C)OC(=O)Nc1nc(-c2ccncc2)ncc1Br. The highest BCUT2D eigenvalue weighted by Crippen LogP contribution is 2.23. The van der Waals surface area contributed by atoms with Gasteiger partial charge < -0.3 is 4.74 Å². The van der Waals surface area contributed by atoms with Crippen LogP contribution in [0.1, 0.15) is 20.8 Å². The molecule has 0 saturated heterocycles. The first-order chi connectivity index (χ1) is 9.85. The largest absolute Gasteiger partial charge is 0.444 e. The van der Waals surface area contributed by atoms with Gasteiger partial charge in [-0.05, 0) is 48.8 Å². The molecule has 0 bridgehead atoms. The van der Waals surface area contributed by atoms with Crippen molar-refractivity contribution in [2.45, 2.75) is 26.4 Å². The number of carbonyl (C=O) groups is 1. The van der Waals surface area contributed by atoms with Gasteiger partial charge in [-0.25, -0.2) is 14.8 Å². The number of halogens is 1. The topological polar surface area (TPSA) is 77.0 Å². The number of nitrogens with zero attached hydrogens (tertiary/aromatic N) is 3. The highest BCUT2D eigenvalue weighted by atomic mass is 79.9. The Labute approximate surface area is 131 Å². The van der Waals surface area contributed by atoms with Gasteiger partial charge in [0.05, 0.1) is 4.47 Å². The van der Waals surface area contributed by atoms with Gasteiger partial charge in [-0.1, -0.05) is 0 Å². The number of aromatic nitrogens is 3. The maximum Gasteiger partial charge on any atom is 0.413 e. The number of amides is 1. The molecule has 1 N–H and O–H groups in total. The lowest BCUT2D eigenvalue weighted by molar-refractivity contribution is 0.0635. The van der Waals surface area contributed by atoms with Crippen LogP contribution in [-0.4, -0.2) is 26.6 Å². The summed E-state index contributed by atoms with van der Waals surface area (Å²) in [5.74, 6) is 0.845. The second-order valence-electron chi connectivity index (χ2n) is 5.25. The summed E-state index contributed by atoms with van der Waals surface area (Å²) in [7, 11) is 0. The Bertz CT molecular complexity index is 641. The Morgan fingerprint density at radius 2 is 1.95 bits per heavy atom. The van der Waals surface area contributed by atoms with Crippen molar-refractivity contribution in [3.63, 3.8) is 0 Å². The van der Waals surface area contributed by atoms with Gasteiger partial charge in [-0.3, -0.25) is 10.3 Å². The lowest BCUT2D eigenvalue weighted by Gasteiger charge is -2.19. The Kier molecular flexibility index (Phi) is 4.52. The molecule has 2 aromatic rings. The quantitative estimate of drug-likeness (QED) is 0.894. The Morgan fingerprint density at radius 1 is 1.29 bits per heavy atom. The third-order valence-electron chi connectivity index (χ3n) is 2.30. The summed E-state index contributed by atoms with van der Waals surface area (Å²) in [6, 6.07) is 3.58. The van der Waals surface area contributed by atoms with Gasteiger partial charge in [0.1, 0.15) is 5.60 Å². The van der Waals surface area contributed by atoms with Crippen molar-refractivity contribution in [1.29, 1.82) is 0 Å². The van der Waals surface area contributed by atoms with Crippen LogP contribution in [0.15, 0.2) is 35.2 Å². The van der Waals surface area contributed by atoms with Crippen LogP contribution in [0.5, 0.6) is 0 Å². The molecule has 2 aromatic heterocycles. The number of rotatable bonds is 2. The third kappa shape index (κ3) is 4.49. The Morgan fingerprint density at radius 3 is 2.57 bits per heavy atom. The molecule has 0 unspecified atom stereocenters. The van der Waals surface area contributed by atoms with Crippen molar-refractivity contribution in [1.82, 2.24) is 15.0 Å². The molecule has 21 heavy (non-hydrogen) atoms. The van der Waals surface area contributed by atoms with E-state index in [4.69, 9.17) is 4.74 Å². The summed E-state index contributed by atoms with van der Waals surface area (Å²) < 4.78 is 5.78. The average molecular weight is 351 g/mol. The fourth-order valence-corrected chi connectivity index (χ4v) is 1.79. The van der Waals surface area contributed by atoms with Crippen LogP contribution in [0.3, 0.4) is 0 Å². The number of anilines is 1. The van der Waals surface area contributed by atoms with Crippen LogP contribution in [0, 0.1) is 0 Å². The molecule has 7 heteroatoms. The van der Waals surface area contributed by atoms with Crippen molar-refractivity contribution in [2.75, 3.05) is 5.32 Å². The molecule has 0 radical (unpaired) electrons. The molecule has 2 rings (SSSR count). The van der Waals surface area contributed by atoms with Gasteiger partial charge in [0.2, 0.25) is 0 Å².